The Morgan fingerprint density at radius 1 is 0.641 bits per heavy atom. The lowest BCUT2D eigenvalue weighted by molar-refractivity contribution is -0.132. The molecule has 64 heavy (non-hydrogen) atoms. The number of methoxy groups -OCH3 is 1. The molecule has 2 aromatic heterocycles. The van der Waals surface area contributed by atoms with Crippen LogP contribution in [0.25, 0.3) is 33.4 Å². The second-order valence-corrected chi connectivity index (χ2v) is 15.7. The van der Waals surface area contributed by atoms with Crippen molar-refractivity contribution in [3.05, 3.63) is 124 Å². The highest BCUT2D eigenvalue weighted by Crippen LogP contribution is 2.35. The summed E-state index contributed by atoms with van der Waals surface area (Å²) in [5, 5.41) is 5.68. The molecule has 5 aromatic carbocycles. The number of carbonyl (C=O) groups excluding carboxylic acids is 2. The van der Waals surface area contributed by atoms with Crippen molar-refractivity contribution in [3.63, 3.8) is 0 Å². The van der Waals surface area contributed by atoms with Crippen molar-refractivity contribution in [2.24, 2.45) is 0 Å². The summed E-state index contributed by atoms with van der Waals surface area (Å²) in [6, 6.07) is 25.0. The summed E-state index contributed by atoms with van der Waals surface area (Å²) in [7, 11) is 1.55. The molecule has 7 rings (SSSR count). The summed E-state index contributed by atoms with van der Waals surface area (Å²) in [6.07, 6.45) is -6.33. The number of imidazole rings is 2. The molecule has 0 fully saturated rings. The van der Waals surface area contributed by atoms with E-state index in [4.69, 9.17) is 9.47 Å². The maximum absolute atomic E-state index is 12.8. The Kier molecular flexibility index (Phi) is 14.7. The van der Waals surface area contributed by atoms with Crippen molar-refractivity contribution in [2.45, 2.75) is 65.7 Å². The van der Waals surface area contributed by atoms with Crippen LogP contribution >= 0.6 is 15.9 Å². The number of aromatic nitrogens is 4. The summed E-state index contributed by atoms with van der Waals surface area (Å²) >= 11 is 3.41. The lowest BCUT2D eigenvalue weighted by Gasteiger charge is -2.14. The molecule has 0 atom stereocenters. The van der Waals surface area contributed by atoms with E-state index < -0.39 is 25.2 Å². The SMILES string of the molecule is CCC(=O)c1ccc(-n2cnc3c(NCCC(F)(F)F)cc(Br)cc32)cc1C.CCC(=O)c1ccc(-n2cnc3c(NCCC(F)(F)F)cc(Oc4cccc(OC)c4)cc32)cc1C. The van der Waals surface area contributed by atoms with Gasteiger partial charge in [0, 0.05) is 71.1 Å². The van der Waals surface area contributed by atoms with Gasteiger partial charge in [0.25, 0.3) is 0 Å². The number of hydrogen-bond donors (Lipinski definition) is 2. The van der Waals surface area contributed by atoms with Crippen molar-refractivity contribution in [1.82, 2.24) is 19.1 Å². The van der Waals surface area contributed by atoms with Crippen molar-refractivity contribution in [2.75, 3.05) is 30.8 Å². The predicted octanol–water partition coefficient (Wildman–Crippen LogP) is 13.1. The monoisotopic (exact) mass is 950 g/mol. The molecule has 0 aliphatic carbocycles. The number of nitrogens with one attached hydrogen (secondary N) is 2. The topological polar surface area (TPSA) is 112 Å². The standard InChI is InChI=1S/C27H26F3N3O3.C20H19BrF3N3O/c1-4-25(34)22-9-8-18(12-17(22)2)33-16-32-26-23(31-11-10-27(28,29)30)14-21(15-24(26)33)36-20-7-5-6-19(13-20)35-3;1-3-18(28)15-5-4-14(8-12(15)2)27-11-26-19-16(9-13(21)10-17(19)27)25-7-6-20(22,23)24/h5-9,12-16,31H,4,10-11H2,1-3H3;4-5,8-11,25H,3,6-7H2,1-2H3. The van der Waals surface area contributed by atoms with Crippen LogP contribution in [-0.2, 0) is 0 Å². The smallest absolute Gasteiger partial charge is 0.390 e. The zero-order valence-corrected chi connectivity index (χ0v) is 37.1. The Balaban J connectivity index is 0.000000219. The maximum Gasteiger partial charge on any atom is 0.390 e. The number of Topliss-reactive ketones (excluding diaryl/α,β-unsaturated/α-hetero) is 2. The lowest BCUT2D eigenvalue weighted by atomic mass is 10.0. The van der Waals surface area contributed by atoms with Gasteiger partial charge in [-0.15, -0.1) is 0 Å². The van der Waals surface area contributed by atoms with E-state index in [-0.39, 0.29) is 24.7 Å². The Morgan fingerprint density at radius 3 is 1.59 bits per heavy atom. The zero-order chi connectivity index (χ0) is 46.3. The van der Waals surface area contributed by atoms with Gasteiger partial charge in [0.15, 0.2) is 11.6 Å². The highest BCUT2D eigenvalue weighted by molar-refractivity contribution is 9.10. The van der Waals surface area contributed by atoms with Crippen LogP contribution < -0.4 is 20.1 Å². The molecule has 17 heteroatoms. The molecule has 0 unspecified atom stereocenters. The van der Waals surface area contributed by atoms with Gasteiger partial charge < -0.3 is 20.1 Å². The summed E-state index contributed by atoms with van der Waals surface area (Å²) in [5.41, 5.74) is 8.04. The van der Waals surface area contributed by atoms with Crippen LogP contribution in [0.15, 0.2) is 102 Å². The number of ether oxygens (including phenoxy) is 2. The maximum atomic E-state index is 12.8. The zero-order valence-electron chi connectivity index (χ0n) is 35.5. The summed E-state index contributed by atoms with van der Waals surface area (Å²) < 4.78 is 91.3. The number of nitrogens with zero attached hydrogens (tertiary/aromatic N) is 4. The van der Waals surface area contributed by atoms with E-state index in [2.05, 4.69) is 36.5 Å². The highest BCUT2D eigenvalue weighted by atomic mass is 79.9. The van der Waals surface area contributed by atoms with Gasteiger partial charge in [-0.05, 0) is 85.6 Å². The third-order valence-corrected chi connectivity index (χ3v) is 10.6. The second-order valence-electron chi connectivity index (χ2n) is 14.8. The average molecular weight is 952 g/mol. The van der Waals surface area contributed by atoms with E-state index in [1.54, 1.807) is 74.4 Å². The number of carbonyl (C=O) groups is 2. The minimum absolute atomic E-state index is 0.0552. The molecule has 0 spiro atoms. The van der Waals surface area contributed by atoms with Crippen molar-refractivity contribution in [3.8, 4) is 28.6 Å². The second kappa shape index (κ2) is 20.0. The van der Waals surface area contributed by atoms with E-state index in [0.717, 1.165) is 32.5 Å². The third kappa shape index (κ3) is 11.6. The fourth-order valence-electron chi connectivity index (χ4n) is 6.99. The van der Waals surface area contributed by atoms with Crippen LogP contribution in [0.4, 0.5) is 37.7 Å². The van der Waals surface area contributed by atoms with Crippen LogP contribution in [0.5, 0.6) is 17.2 Å². The van der Waals surface area contributed by atoms with Gasteiger partial charge in [-0.1, -0.05) is 35.8 Å². The van der Waals surface area contributed by atoms with Gasteiger partial charge >= 0.3 is 12.4 Å². The number of rotatable bonds is 15. The van der Waals surface area contributed by atoms with Gasteiger partial charge in [-0.2, -0.15) is 26.3 Å². The lowest BCUT2D eigenvalue weighted by Crippen LogP contribution is -2.14. The van der Waals surface area contributed by atoms with Gasteiger partial charge in [0.05, 0.1) is 42.4 Å². The van der Waals surface area contributed by atoms with Crippen LogP contribution in [0.1, 0.15) is 71.4 Å². The Labute approximate surface area is 373 Å². The summed E-state index contributed by atoms with van der Waals surface area (Å²) in [6.45, 7) is 6.86. The molecule has 0 saturated heterocycles. The molecule has 336 valence electrons. The van der Waals surface area contributed by atoms with E-state index in [9.17, 15) is 35.9 Å². The first-order chi connectivity index (χ1) is 30.4. The number of benzene rings is 5. The molecule has 7 aromatic rings. The molecular weight excluding hydrogens is 906 g/mol. The van der Waals surface area contributed by atoms with Gasteiger partial charge in [-0.25, -0.2) is 9.97 Å². The van der Waals surface area contributed by atoms with Crippen LogP contribution in [0.2, 0.25) is 0 Å². The fraction of sp³-hybridized carbons (Fsp3) is 0.277. The number of ketones is 2. The Hall–Kier alpha value is -6.36. The molecule has 0 aliphatic rings. The van der Waals surface area contributed by atoms with Gasteiger partial charge in [-0.3, -0.25) is 18.7 Å². The highest BCUT2D eigenvalue weighted by Gasteiger charge is 2.27. The van der Waals surface area contributed by atoms with Gasteiger partial charge in [0.1, 0.15) is 40.9 Å². The van der Waals surface area contributed by atoms with Crippen LogP contribution in [-0.4, -0.2) is 63.2 Å². The van der Waals surface area contributed by atoms with E-state index >= 15 is 0 Å². The van der Waals surface area contributed by atoms with Crippen molar-refractivity contribution >= 4 is 60.9 Å². The first-order valence-corrected chi connectivity index (χ1v) is 21.1. The number of aryl methyl sites for hydroxylation is 2. The first kappa shape index (κ1) is 47.1. The Morgan fingerprint density at radius 2 is 1.12 bits per heavy atom. The quantitative estimate of drug-likeness (QED) is 0.0772. The number of alkyl halides is 6. The molecule has 0 saturated carbocycles. The third-order valence-electron chi connectivity index (χ3n) is 10.2. The Bertz CT molecular complexity index is 2800. The largest absolute Gasteiger partial charge is 0.497 e. The summed E-state index contributed by atoms with van der Waals surface area (Å²) in [5.74, 6) is 1.68. The van der Waals surface area contributed by atoms with E-state index in [1.807, 2.05) is 67.2 Å². The number of hydrogen-bond acceptors (Lipinski definition) is 8. The fourth-order valence-corrected chi connectivity index (χ4v) is 7.44. The molecule has 0 amide bonds. The number of halogens is 7. The molecule has 10 nitrogen and oxygen atoms in total. The van der Waals surface area contributed by atoms with Crippen LogP contribution in [0, 0.1) is 13.8 Å². The molecule has 0 bridgehead atoms. The van der Waals surface area contributed by atoms with Crippen molar-refractivity contribution < 1.29 is 45.4 Å². The minimum atomic E-state index is -4.28. The molecule has 0 aliphatic heterocycles. The van der Waals surface area contributed by atoms with E-state index in [0.29, 0.717) is 69.1 Å². The summed E-state index contributed by atoms with van der Waals surface area (Å²) in [4.78, 5) is 33.0. The van der Waals surface area contributed by atoms with Crippen molar-refractivity contribution in [1.29, 1.82) is 0 Å². The molecular formula is C47H45BrF6N6O4. The van der Waals surface area contributed by atoms with Crippen LogP contribution in [0.3, 0.4) is 0 Å². The normalized spacial score (nSPS) is 11.6. The molecule has 2 N–H and O–H groups in total. The number of fused-ring (bicyclic) bond motifs is 2. The van der Waals surface area contributed by atoms with Gasteiger partial charge in [0.2, 0.25) is 0 Å². The molecule has 0 radical (unpaired) electrons. The average Bonchev–Trinajstić information content (AvgIpc) is 3.87. The van der Waals surface area contributed by atoms with E-state index in [1.165, 1.54) is 0 Å². The predicted molar refractivity (Wildman–Crippen MR) is 240 cm³/mol. The first-order valence-electron chi connectivity index (χ1n) is 20.3. The number of anilines is 2. The minimum Gasteiger partial charge on any atom is -0.497 e. The molecule has 2 heterocycles.